The van der Waals surface area contributed by atoms with Gasteiger partial charge in [0, 0.05) is 6.42 Å². The molecule has 5 unspecified atom stereocenters. The Morgan fingerprint density at radius 2 is 1.52 bits per heavy atom. The predicted octanol–water partition coefficient (Wildman–Crippen LogP) is -1.37. The second-order valence-corrected chi connectivity index (χ2v) is 7.93. The largest absolute Gasteiger partial charge is 0.480 e. The molecule has 0 aromatic heterocycles. The quantitative estimate of drug-likeness (QED) is 0.163. The van der Waals surface area contributed by atoms with Crippen LogP contribution < -0.4 is 27.4 Å². The van der Waals surface area contributed by atoms with Gasteiger partial charge in [-0.2, -0.15) is 0 Å². The number of unbranched alkanes of at least 4 members (excludes halogenated alkanes) is 1. The molecule has 0 fully saturated rings. The van der Waals surface area contributed by atoms with E-state index in [9.17, 15) is 29.4 Å². The fraction of sp³-hybridized carbons (Fsp3) is 0.545. The number of nitrogens with one attached hydrogen (secondary N) is 3. The zero-order valence-electron chi connectivity index (χ0n) is 19.0. The highest BCUT2D eigenvalue weighted by atomic mass is 16.4. The molecule has 0 aliphatic heterocycles. The van der Waals surface area contributed by atoms with Crippen LogP contribution in [0.25, 0.3) is 0 Å². The van der Waals surface area contributed by atoms with Gasteiger partial charge in [-0.25, -0.2) is 4.79 Å². The molecule has 9 N–H and O–H groups in total. The molecule has 0 aliphatic rings. The summed E-state index contributed by atoms with van der Waals surface area (Å²) in [4.78, 5) is 49.1. The van der Waals surface area contributed by atoms with Crippen molar-refractivity contribution in [1.29, 1.82) is 0 Å². The van der Waals surface area contributed by atoms with Gasteiger partial charge < -0.3 is 37.6 Å². The summed E-state index contributed by atoms with van der Waals surface area (Å²) in [5.74, 6) is -3.22. The number of amides is 3. The van der Waals surface area contributed by atoms with E-state index < -0.39 is 54.0 Å². The van der Waals surface area contributed by atoms with E-state index in [1.165, 1.54) is 13.8 Å². The molecule has 3 amide bonds. The van der Waals surface area contributed by atoms with E-state index in [0.29, 0.717) is 19.4 Å². The topological polar surface area (TPSA) is 197 Å². The van der Waals surface area contributed by atoms with Crippen molar-refractivity contribution in [3.05, 3.63) is 35.9 Å². The van der Waals surface area contributed by atoms with E-state index in [1.807, 2.05) is 0 Å². The Labute approximate surface area is 193 Å². The lowest BCUT2D eigenvalue weighted by Gasteiger charge is -2.24. The fourth-order valence-electron chi connectivity index (χ4n) is 2.97. The molecule has 0 bridgehead atoms. The number of benzene rings is 1. The highest BCUT2D eigenvalue weighted by molar-refractivity contribution is 5.94. The summed E-state index contributed by atoms with van der Waals surface area (Å²) in [7, 11) is 0. The first kappa shape index (κ1) is 28.0. The minimum Gasteiger partial charge on any atom is -0.480 e. The number of carbonyl (C=O) groups excluding carboxylic acids is 3. The fourth-order valence-corrected chi connectivity index (χ4v) is 2.97. The van der Waals surface area contributed by atoms with Crippen molar-refractivity contribution >= 4 is 23.7 Å². The molecule has 11 nitrogen and oxygen atoms in total. The van der Waals surface area contributed by atoms with Crippen LogP contribution in [-0.2, 0) is 25.6 Å². The van der Waals surface area contributed by atoms with Crippen LogP contribution in [0, 0.1) is 0 Å². The van der Waals surface area contributed by atoms with Gasteiger partial charge in [-0.15, -0.1) is 0 Å². The van der Waals surface area contributed by atoms with E-state index in [1.54, 1.807) is 30.3 Å². The van der Waals surface area contributed by atoms with Crippen LogP contribution in [0.2, 0.25) is 0 Å². The summed E-state index contributed by atoms with van der Waals surface area (Å²) >= 11 is 0. The Balaban J connectivity index is 2.77. The van der Waals surface area contributed by atoms with Crippen molar-refractivity contribution in [1.82, 2.24) is 16.0 Å². The lowest BCUT2D eigenvalue weighted by atomic mass is 10.1. The van der Waals surface area contributed by atoms with Gasteiger partial charge in [-0.1, -0.05) is 30.3 Å². The van der Waals surface area contributed by atoms with E-state index in [0.717, 1.165) is 5.56 Å². The molecule has 0 spiro atoms. The Morgan fingerprint density at radius 1 is 0.909 bits per heavy atom. The molecule has 0 heterocycles. The van der Waals surface area contributed by atoms with E-state index in [4.69, 9.17) is 11.5 Å². The molecule has 0 aliphatic carbocycles. The van der Waals surface area contributed by atoms with E-state index >= 15 is 0 Å². The molecular weight excluding hydrogens is 430 g/mol. The summed E-state index contributed by atoms with van der Waals surface area (Å²) in [5, 5.41) is 26.4. The van der Waals surface area contributed by atoms with Gasteiger partial charge in [0.1, 0.15) is 24.2 Å². The van der Waals surface area contributed by atoms with Crippen molar-refractivity contribution in [3.63, 3.8) is 0 Å². The zero-order valence-corrected chi connectivity index (χ0v) is 19.0. The third-order valence-corrected chi connectivity index (χ3v) is 5.05. The number of hydrogen-bond acceptors (Lipinski definition) is 7. The van der Waals surface area contributed by atoms with Crippen LogP contribution in [0.5, 0.6) is 0 Å². The van der Waals surface area contributed by atoms with Crippen molar-refractivity contribution in [2.75, 3.05) is 6.54 Å². The third kappa shape index (κ3) is 9.98. The van der Waals surface area contributed by atoms with Crippen molar-refractivity contribution in [3.8, 4) is 0 Å². The van der Waals surface area contributed by atoms with Gasteiger partial charge in [0.05, 0.1) is 6.10 Å². The Morgan fingerprint density at radius 3 is 2.06 bits per heavy atom. The van der Waals surface area contributed by atoms with Gasteiger partial charge in [0.2, 0.25) is 17.7 Å². The monoisotopic (exact) mass is 465 g/mol. The number of aliphatic hydroxyl groups is 1. The molecule has 0 radical (unpaired) electrons. The molecule has 184 valence electrons. The van der Waals surface area contributed by atoms with Gasteiger partial charge in [-0.05, 0) is 45.2 Å². The van der Waals surface area contributed by atoms with Crippen LogP contribution >= 0.6 is 0 Å². The average molecular weight is 466 g/mol. The van der Waals surface area contributed by atoms with Crippen molar-refractivity contribution in [2.45, 2.75) is 69.8 Å². The Hall–Kier alpha value is -3.02. The third-order valence-electron chi connectivity index (χ3n) is 5.05. The summed E-state index contributed by atoms with van der Waals surface area (Å²) in [6.07, 6.45) is 0.383. The van der Waals surface area contributed by atoms with Gasteiger partial charge in [0.25, 0.3) is 0 Å². The number of carboxylic acids is 1. The van der Waals surface area contributed by atoms with E-state index in [2.05, 4.69) is 16.0 Å². The van der Waals surface area contributed by atoms with Crippen molar-refractivity contribution in [2.24, 2.45) is 11.5 Å². The number of carboxylic acid groups (broad SMARTS) is 1. The first-order chi connectivity index (χ1) is 15.6. The van der Waals surface area contributed by atoms with Gasteiger partial charge >= 0.3 is 5.97 Å². The normalized spacial score (nSPS) is 15.4. The van der Waals surface area contributed by atoms with Gasteiger partial charge in [-0.3, -0.25) is 14.4 Å². The Kier molecular flexibility index (Phi) is 12.0. The number of hydrogen-bond donors (Lipinski definition) is 7. The maximum atomic E-state index is 12.7. The Bertz CT molecular complexity index is 789. The molecule has 0 saturated heterocycles. The molecular formula is C22H35N5O6. The summed E-state index contributed by atoms with van der Waals surface area (Å²) in [6, 6.07) is 4.38. The lowest BCUT2D eigenvalue weighted by molar-refractivity contribution is -0.142. The molecule has 11 heteroatoms. The first-order valence-corrected chi connectivity index (χ1v) is 10.9. The second-order valence-electron chi connectivity index (χ2n) is 7.93. The first-order valence-electron chi connectivity index (χ1n) is 10.9. The van der Waals surface area contributed by atoms with Crippen LogP contribution in [0.3, 0.4) is 0 Å². The maximum absolute atomic E-state index is 12.7. The number of nitrogens with two attached hydrogens (primary N) is 2. The highest BCUT2D eigenvalue weighted by Gasteiger charge is 2.29. The smallest absolute Gasteiger partial charge is 0.326 e. The van der Waals surface area contributed by atoms with Crippen molar-refractivity contribution < 1.29 is 29.4 Å². The van der Waals surface area contributed by atoms with Crippen LogP contribution in [0.1, 0.15) is 38.7 Å². The predicted molar refractivity (Wildman–Crippen MR) is 122 cm³/mol. The molecule has 1 rings (SSSR count). The highest BCUT2D eigenvalue weighted by Crippen LogP contribution is 2.05. The molecule has 33 heavy (non-hydrogen) atoms. The summed E-state index contributed by atoms with van der Waals surface area (Å²) in [6.45, 7) is 3.18. The van der Waals surface area contributed by atoms with Crippen LogP contribution in [0.4, 0.5) is 0 Å². The molecule has 5 atom stereocenters. The van der Waals surface area contributed by atoms with Gasteiger partial charge in [0.15, 0.2) is 0 Å². The average Bonchev–Trinajstić information content (AvgIpc) is 2.77. The molecule has 1 aromatic rings. The number of aliphatic carboxylic acids is 1. The SMILES string of the molecule is CC(NC(=O)C(CCCCN)NC(=O)C(N)C(C)O)C(=O)NC(Cc1ccccc1)C(=O)O. The number of aliphatic hydroxyl groups excluding tert-OH is 1. The molecule has 1 aromatic carbocycles. The lowest BCUT2D eigenvalue weighted by Crippen LogP contribution is -2.57. The van der Waals surface area contributed by atoms with Crippen LogP contribution in [0.15, 0.2) is 30.3 Å². The summed E-state index contributed by atoms with van der Waals surface area (Å²) < 4.78 is 0. The molecule has 0 saturated carbocycles. The van der Waals surface area contributed by atoms with E-state index in [-0.39, 0.29) is 12.8 Å². The summed E-state index contributed by atoms with van der Waals surface area (Å²) in [5.41, 5.74) is 11.8. The number of carbonyl (C=O) groups is 4. The minimum atomic E-state index is -1.22. The number of rotatable bonds is 14. The maximum Gasteiger partial charge on any atom is 0.326 e. The minimum absolute atomic E-state index is 0.0809. The zero-order chi connectivity index (χ0) is 25.0. The standard InChI is InChI=1S/C22H35N5O6/c1-13(19(29)27-17(22(32)33)12-15-8-4-3-5-9-15)25-20(30)16(10-6-7-11-23)26-21(31)18(24)14(2)28/h3-5,8-9,13-14,16-18,28H,6-7,10-12,23-24H2,1-2H3,(H,25,30)(H,26,31)(H,27,29)(H,32,33). The second kappa shape index (κ2) is 14.2. The van der Waals surface area contributed by atoms with Crippen LogP contribution in [-0.4, -0.2) is 70.7 Å².